The van der Waals surface area contributed by atoms with E-state index in [1.807, 2.05) is 0 Å². The van der Waals surface area contributed by atoms with Gasteiger partial charge in [-0.25, -0.2) is 8.42 Å². The Balaban J connectivity index is 1.81. The van der Waals surface area contributed by atoms with Crippen molar-refractivity contribution in [1.29, 1.82) is 0 Å². The van der Waals surface area contributed by atoms with Gasteiger partial charge in [0.1, 0.15) is 0 Å². The van der Waals surface area contributed by atoms with Crippen molar-refractivity contribution in [2.75, 3.05) is 37.7 Å². The second-order valence-corrected chi connectivity index (χ2v) is 5.71. The molecule has 0 aromatic heterocycles. The first-order chi connectivity index (χ1) is 5.66. The van der Waals surface area contributed by atoms with Gasteiger partial charge in [0.2, 0.25) is 0 Å². The van der Waals surface area contributed by atoms with Gasteiger partial charge in [-0.05, 0) is 0 Å². The minimum atomic E-state index is -2.71. The van der Waals surface area contributed by atoms with Crippen LogP contribution in [-0.4, -0.2) is 57.2 Å². The van der Waals surface area contributed by atoms with E-state index >= 15 is 0 Å². The van der Waals surface area contributed by atoms with Crippen molar-refractivity contribution in [2.24, 2.45) is 0 Å². The van der Waals surface area contributed by atoms with Gasteiger partial charge >= 0.3 is 0 Å². The molecule has 0 aliphatic carbocycles. The number of hydrogen-bond acceptors (Lipinski definition) is 4. The van der Waals surface area contributed by atoms with Crippen molar-refractivity contribution in [3.05, 3.63) is 0 Å². The summed E-state index contributed by atoms with van der Waals surface area (Å²) in [6.45, 7) is 3.13. The third kappa shape index (κ3) is 2.18. The van der Waals surface area contributed by atoms with Crippen LogP contribution in [0.3, 0.4) is 0 Å². The summed E-state index contributed by atoms with van der Waals surface area (Å²) in [5.41, 5.74) is 0. The Kier molecular flexibility index (Phi) is 2.10. The Labute approximate surface area is 72.4 Å². The minimum absolute atomic E-state index is 0.319. The molecule has 2 saturated heterocycles. The quantitative estimate of drug-likeness (QED) is 0.532. The van der Waals surface area contributed by atoms with E-state index in [-0.39, 0.29) is 0 Å². The summed E-state index contributed by atoms with van der Waals surface area (Å²) in [6, 6.07) is 0. The molecule has 0 aromatic rings. The molecule has 0 radical (unpaired) electrons. The van der Waals surface area contributed by atoms with E-state index in [0.717, 1.165) is 13.2 Å². The van der Waals surface area contributed by atoms with Crippen LogP contribution in [0.5, 0.6) is 0 Å². The lowest BCUT2D eigenvalue weighted by Crippen LogP contribution is -2.41. The predicted octanol–water partition coefficient (Wildman–Crippen LogP) is -0.884. The molecule has 0 N–H and O–H groups in total. The zero-order valence-electron chi connectivity index (χ0n) is 6.90. The maximum Gasteiger partial charge on any atom is 0.152 e. The Morgan fingerprint density at radius 2 is 1.92 bits per heavy atom. The number of ether oxygens (including phenoxy) is 1. The van der Waals surface area contributed by atoms with Crippen LogP contribution in [0.15, 0.2) is 0 Å². The lowest BCUT2D eigenvalue weighted by Gasteiger charge is -2.25. The zero-order valence-corrected chi connectivity index (χ0v) is 7.72. The van der Waals surface area contributed by atoms with Gasteiger partial charge in [0.25, 0.3) is 0 Å². The van der Waals surface area contributed by atoms with Crippen molar-refractivity contribution < 1.29 is 13.2 Å². The number of rotatable bonds is 2. The summed E-state index contributed by atoms with van der Waals surface area (Å²) in [5, 5.41) is 0. The summed E-state index contributed by atoms with van der Waals surface area (Å²) >= 11 is 0. The van der Waals surface area contributed by atoms with E-state index < -0.39 is 9.84 Å². The van der Waals surface area contributed by atoms with Gasteiger partial charge in [0.15, 0.2) is 9.84 Å². The van der Waals surface area contributed by atoms with E-state index in [0.29, 0.717) is 30.7 Å². The Hall–Kier alpha value is -0.130. The fourth-order valence-corrected chi connectivity index (χ4v) is 2.67. The second-order valence-electron chi connectivity index (χ2n) is 3.41. The lowest BCUT2D eigenvalue weighted by molar-refractivity contribution is 0.258. The molecule has 1 unspecified atom stereocenters. The molecule has 0 amide bonds. The van der Waals surface area contributed by atoms with Crippen molar-refractivity contribution in [3.8, 4) is 0 Å². The topological polar surface area (TPSA) is 49.9 Å². The van der Waals surface area contributed by atoms with Crippen LogP contribution < -0.4 is 0 Å². The van der Waals surface area contributed by atoms with Crippen molar-refractivity contribution >= 4 is 9.84 Å². The molecule has 0 saturated carbocycles. The van der Waals surface area contributed by atoms with Crippen LogP contribution >= 0.6 is 0 Å². The first kappa shape index (κ1) is 8.47. The molecule has 2 aliphatic rings. The highest BCUT2D eigenvalue weighted by molar-refractivity contribution is 7.91. The monoisotopic (exact) mass is 191 g/mol. The Bertz CT molecular complexity index is 244. The molecule has 2 heterocycles. The van der Waals surface area contributed by atoms with Crippen LogP contribution in [0.25, 0.3) is 0 Å². The normalized spacial score (nSPS) is 34.8. The highest BCUT2D eigenvalue weighted by atomic mass is 32.2. The van der Waals surface area contributed by atoms with Crippen molar-refractivity contribution in [3.63, 3.8) is 0 Å². The molecule has 0 bridgehead atoms. The number of sulfone groups is 1. The highest BCUT2D eigenvalue weighted by Gasteiger charge is 2.28. The summed E-state index contributed by atoms with van der Waals surface area (Å²) in [5.74, 6) is 0.638. The van der Waals surface area contributed by atoms with E-state index in [4.69, 9.17) is 4.74 Å². The van der Waals surface area contributed by atoms with Gasteiger partial charge in [0.05, 0.1) is 24.2 Å². The first-order valence-electron chi connectivity index (χ1n) is 4.20. The maximum absolute atomic E-state index is 11.0. The molecule has 2 rings (SSSR count). The predicted molar refractivity (Wildman–Crippen MR) is 44.8 cm³/mol. The first-order valence-corrected chi connectivity index (χ1v) is 6.02. The van der Waals surface area contributed by atoms with Crippen LogP contribution in [0.1, 0.15) is 0 Å². The molecule has 5 heteroatoms. The highest BCUT2D eigenvalue weighted by Crippen LogP contribution is 2.12. The van der Waals surface area contributed by atoms with Crippen LogP contribution in [0.4, 0.5) is 0 Å². The summed E-state index contributed by atoms with van der Waals surface area (Å²) in [7, 11) is -2.71. The van der Waals surface area contributed by atoms with Gasteiger partial charge in [-0.2, -0.15) is 0 Å². The third-order valence-corrected chi connectivity index (χ3v) is 3.91. The molecule has 2 aliphatic heterocycles. The van der Waals surface area contributed by atoms with Gasteiger partial charge in [-0.1, -0.05) is 0 Å². The second kappa shape index (κ2) is 2.97. The fourth-order valence-electron chi connectivity index (χ4n) is 1.39. The average Bonchev–Trinajstić information content (AvgIpc) is 2.77. The van der Waals surface area contributed by atoms with Crippen LogP contribution in [-0.2, 0) is 14.6 Å². The molecule has 0 aromatic carbocycles. The number of epoxide rings is 1. The maximum atomic E-state index is 11.0. The van der Waals surface area contributed by atoms with Crippen molar-refractivity contribution in [1.82, 2.24) is 4.90 Å². The summed E-state index contributed by atoms with van der Waals surface area (Å²) < 4.78 is 27.2. The van der Waals surface area contributed by atoms with Gasteiger partial charge in [-0.3, -0.25) is 4.90 Å². The summed E-state index contributed by atoms with van der Waals surface area (Å²) in [4.78, 5) is 2.17. The smallest absolute Gasteiger partial charge is 0.152 e. The number of nitrogens with zero attached hydrogens (tertiary/aromatic N) is 1. The van der Waals surface area contributed by atoms with Gasteiger partial charge < -0.3 is 4.74 Å². The third-order valence-electron chi connectivity index (χ3n) is 2.30. The van der Waals surface area contributed by atoms with E-state index in [2.05, 4.69) is 4.90 Å². The van der Waals surface area contributed by atoms with E-state index in [1.165, 1.54) is 0 Å². The van der Waals surface area contributed by atoms with Gasteiger partial charge in [-0.15, -0.1) is 0 Å². The van der Waals surface area contributed by atoms with E-state index in [1.54, 1.807) is 0 Å². The fraction of sp³-hybridized carbons (Fsp3) is 1.00. The van der Waals surface area contributed by atoms with Crippen LogP contribution in [0, 0.1) is 0 Å². The molecule has 12 heavy (non-hydrogen) atoms. The molecule has 70 valence electrons. The lowest BCUT2D eigenvalue weighted by atomic mass is 10.4. The van der Waals surface area contributed by atoms with Crippen molar-refractivity contribution in [2.45, 2.75) is 6.10 Å². The molecule has 1 atom stereocenters. The molecule has 0 spiro atoms. The largest absolute Gasteiger partial charge is 0.372 e. The Morgan fingerprint density at radius 1 is 1.33 bits per heavy atom. The molecular weight excluding hydrogens is 178 g/mol. The molecule has 2 fully saturated rings. The average molecular weight is 191 g/mol. The Morgan fingerprint density at radius 3 is 2.42 bits per heavy atom. The molecule has 4 nitrogen and oxygen atoms in total. The minimum Gasteiger partial charge on any atom is -0.372 e. The molecular formula is C7H13NO3S. The summed E-state index contributed by atoms with van der Waals surface area (Å²) in [6.07, 6.45) is 0.380. The number of hydrogen-bond donors (Lipinski definition) is 0. The van der Waals surface area contributed by atoms with Crippen LogP contribution in [0.2, 0.25) is 0 Å². The zero-order chi connectivity index (χ0) is 8.60. The SMILES string of the molecule is O=S1(=O)CCN(CC2CO2)CC1. The van der Waals surface area contributed by atoms with Gasteiger partial charge in [0, 0.05) is 19.6 Å². The standard InChI is InChI=1S/C7H13NO3S/c9-12(10)3-1-8(2-4-12)5-7-6-11-7/h7H,1-6H2. The van der Waals surface area contributed by atoms with E-state index in [9.17, 15) is 8.42 Å².